The molecule has 0 bridgehead atoms. The van der Waals surface area contributed by atoms with Crippen LogP contribution in [0.25, 0.3) is 0 Å². The molecule has 0 spiro atoms. The first kappa shape index (κ1) is 15.5. The summed E-state index contributed by atoms with van der Waals surface area (Å²) in [5.41, 5.74) is -0.719. The van der Waals surface area contributed by atoms with E-state index in [9.17, 15) is 9.59 Å². The minimum atomic E-state index is -0.787. The van der Waals surface area contributed by atoms with Crippen molar-refractivity contribution in [1.29, 1.82) is 0 Å². The van der Waals surface area contributed by atoms with E-state index in [1.165, 1.54) is 0 Å². The van der Waals surface area contributed by atoms with Crippen LogP contribution in [-0.4, -0.2) is 27.2 Å². The molecule has 1 heterocycles. The molecule has 0 atom stereocenters. The number of carboxylic acid groups (broad SMARTS) is 1. The Morgan fingerprint density at radius 2 is 2.14 bits per heavy atom. The van der Waals surface area contributed by atoms with Gasteiger partial charge in [-0.2, -0.15) is 0 Å². The second-order valence-electron chi connectivity index (χ2n) is 6.90. The molecule has 2 rings (SSSR count). The van der Waals surface area contributed by atoms with Gasteiger partial charge < -0.3 is 15.0 Å². The van der Waals surface area contributed by atoms with Crippen LogP contribution in [0.3, 0.4) is 0 Å². The highest BCUT2D eigenvalue weighted by Gasteiger charge is 2.39. The monoisotopic (exact) mass is 293 g/mol. The molecule has 6 heteroatoms. The molecule has 0 aliphatic heterocycles. The maximum absolute atomic E-state index is 12.4. The summed E-state index contributed by atoms with van der Waals surface area (Å²) < 4.78 is 1.63. The quantitative estimate of drug-likeness (QED) is 0.868. The van der Waals surface area contributed by atoms with Gasteiger partial charge in [0.15, 0.2) is 5.82 Å². The smallest absolute Gasteiger partial charge is 0.303 e. The van der Waals surface area contributed by atoms with E-state index in [-0.39, 0.29) is 22.9 Å². The Balaban J connectivity index is 2.14. The molecule has 21 heavy (non-hydrogen) atoms. The highest BCUT2D eigenvalue weighted by atomic mass is 16.4. The molecule has 0 aromatic carbocycles. The van der Waals surface area contributed by atoms with Gasteiger partial charge in [0.25, 0.3) is 5.56 Å². The summed E-state index contributed by atoms with van der Waals surface area (Å²) in [5.74, 6) is -0.492. The fraction of sp³-hybridized carbons (Fsp3) is 0.667. The van der Waals surface area contributed by atoms with Crippen LogP contribution in [0.1, 0.15) is 46.5 Å². The van der Waals surface area contributed by atoms with Crippen LogP contribution in [-0.2, 0) is 10.3 Å². The first-order chi connectivity index (χ1) is 9.73. The third-order valence-corrected chi connectivity index (χ3v) is 4.13. The topological polar surface area (TPSA) is 84.2 Å². The van der Waals surface area contributed by atoms with Gasteiger partial charge in [-0.3, -0.25) is 9.59 Å². The van der Waals surface area contributed by atoms with Crippen LogP contribution in [0.15, 0.2) is 17.2 Å². The van der Waals surface area contributed by atoms with Gasteiger partial charge in [-0.1, -0.05) is 6.42 Å². The molecular formula is C15H23N3O3. The number of carbonyl (C=O) groups is 1. The molecule has 1 aromatic rings. The van der Waals surface area contributed by atoms with Gasteiger partial charge in [-0.05, 0) is 39.0 Å². The number of aliphatic carboxylic acids is 1. The van der Waals surface area contributed by atoms with Crippen LogP contribution in [0, 0.1) is 5.41 Å². The van der Waals surface area contributed by atoms with Crippen LogP contribution in [0.5, 0.6) is 0 Å². The molecule has 2 N–H and O–H groups in total. The highest BCUT2D eigenvalue weighted by Crippen LogP contribution is 2.43. The molecule has 1 fully saturated rings. The number of anilines is 1. The van der Waals surface area contributed by atoms with Gasteiger partial charge in [0.2, 0.25) is 0 Å². The number of hydrogen-bond donors (Lipinski definition) is 2. The van der Waals surface area contributed by atoms with Crippen LogP contribution in [0.4, 0.5) is 5.82 Å². The van der Waals surface area contributed by atoms with Gasteiger partial charge in [0.1, 0.15) is 0 Å². The third-order valence-electron chi connectivity index (χ3n) is 4.13. The first-order valence-corrected chi connectivity index (χ1v) is 7.27. The highest BCUT2D eigenvalue weighted by molar-refractivity contribution is 5.68. The van der Waals surface area contributed by atoms with Crippen LogP contribution < -0.4 is 10.9 Å². The Kier molecular flexibility index (Phi) is 4.07. The maximum atomic E-state index is 12.4. The van der Waals surface area contributed by atoms with E-state index in [0.29, 0.717) is 12.4 Å². The lowest BCUT2D eigenvalue weighted by Gasteiger charge is -2.41. The molecule has 116 valence electrons. The Labute approximate surface area is 124 Å². The van der Waals surface area contributed by atoms with Crippen LogP contribution in [0.2, 0.25) is 0 Å². The summed E-state index contributed by atoms with van der Waals surface area (Å²) in [6.45, 7) is 6.35. The van der Waals surface area contributed by atoms with Crippen molar-refractivity contribution in [3.63, 3.8) is 0 Å². The Bertz CT molecular complexity index is 583. The number of carboxylic acids is 1. The second kappa shape index (κ2) is 5.50. The zero-order valence-corrected chi connectivity index (χ0v) is 12.8. The second-order valence-corrected chi connectivity index (χ2v) is 6.90. The Morgan fingerprint density at radius 3 is 2.62 bits per heavy atom. The fourth-order valence-electron chi connectivity index (χ4n) is 2.75. The molecular weight excluding hydrogens is 270 g/mol. The Morgan fingerprint density at radius 1 is 1.48 bits per heavy atom. The summed E-state index contributed by atoms with van der Waals surface area (Å²) in [4.78, 5) is 27.4. The maximum Gasteiger partial charge on any atom is 0.303 e. The number of hydrogen-bond acceptors (Lipinski definition) is 4. The Hall–Kier alpha value is -1.85. The largest absolute Gasteiger partial charge is 0.481 e. The van der Waals surface area contributed by atoms with E-state index < -0.39 is 5.97 Å². The summed E-state index contributed by atoms with van der Waals surface area (Å²) in [6.07, 6.45) is 6.21. The average Bonchev–Trinajstić information content (AvgIpc) is 2.32. The zero-order valence-electron chi connectivity index (χ0n) is 12.8. The van der Waals surface area contributed by atoms with Gasteiger partial charge in [0.05, 0.1) is 6.42 Å². The van der Waals surface area contributed by atoms with E-state index in [2.05, 4.69) is 10.3 Å². The fourth-order valence-corrected chi connectivity index (χ4v) is 2.75. The number of nitrogens with one attached hydrogen (secondary N) is 1. The summed E-state index contributed by atoms with van der Waals surface area (Å²) >= 11 is 0. The van der Waals surface area contributed by atoms with Crippen LogP contribution >= 0.6 is 0 Å². The lowest BCUT2D eigenvalue weighted by molar-refractivity contribution is -0.141. The predicted octanol–water partition coefficient (Wildman–Crippen LogP) is 2.06. The summed E-state index contributed by atoms with van der Waals surface area (Å²) in [7, 11) is 0. The molecule has 0 amide bonds. The zero-order chi connectivity index (χ0) is 15.7. The minimum absolute atomic E-state index is 0.139. The molecule has 1 aromatic heterocycles. The SMILES string of the molecule is CC(C)(C)n1ccnc(NCC2(CC(=O)O)CCC2)c1=O. The van der Waals surface area contributed by atoms with Crippen molar-refractivity contribution < 1.29 is 9.90 Å². The van der Waals surface area contributed by atoms with Gasteiger partial charge in [-0.25, -0.2) is 4.98 Å². The van der Waals surface area contributed by atoms with E-state index in [1.807, 2.05) is 20.8 Å². The van der Waals surface area contributed by atoms with Gasteiger partial charge in [0, 0.05) is 24.5 Å². The van der Waals surface area contributed by atoms with Crippen molar-refractivity contribution >= 4 is 11.8 Å². The number of nitrogens with zero attached hydrogens (tertiary/aromatic N) is 2. The molecule has 1 aliphatic carbocycles. The van der Waals surface area contributed by atoms with E-state index >= 15 is 0 Å². The van der Waals surface area contributed by atoms with Gasteiger partial charge >= 0.3 is 5.97 Å². The number of rotatable bonds is 5. The molecule has 1 aliphatic rings. The molecule has 0 unspecified atom stereocenters. The third kappa shape index (κ3) is 3.43. The number of aromatic nitrogens is 2. The average molecular weight is 293 g/mol. The van der Waals surface area contributed by atoms with Crippen molar-refractivity contribution in [2.24, 2.45) is 5.41 Å². The molecule has 6 nitrogen and oxygen atoms in total. The van der Waals surface area contributed by atoms with Crippen molar-refractivity contribution in [2.45, 2.75) is 52.0 Å². The van der Waals surface area contributed by atoms with Crippen molar-refractivity contribution in [1.82, 2.24) is 9.55 Å². The van der Waals surface area contributed by atoms with E-state index in [4.69, 9.17) is 5.11 Å². The lowest BCUT2D eigenvalue weighted by atomic mass is 9.66. The minimum Gasteiger partial charge on any atom is -0.481 e. The molecule has 0 saturated heterocycles. The standard InChI is InChI=1S/C15H23N3O3/c1-14(2,3)18-8-7-16-12(13(18)21)17-10-15(5-4-6-15)9-11(19)20/h7-8H,4-6,9-10H2,1-3H3,(H,16,17)(H,19,20). The van der Waals surface area contributed by atoms with E-state index in [0.717, 1.165) is 19.3 Å². The van der Waals surface area contributed by atoms with Gasteiger partial charge in [-0.15, -0.1) is 0 Å². The normalized spacial score (nSPS) is 17.1. The van der Waals surface area contributed by atoms with E-state index in [1.54, 1.807) is 17.0 Å². The summed E-state index contributed by atoms with van der Waals surface area (Å²) in [6, 6.07) is 0. The molecule has 0 radical (unpaired) electrons. The lowest BCUT2D eigenvalue weighted by Crippen LogP contribution is -2.41. The van der Waals surface area contributed by atoms with Crippen molar-refractivity contribution in [3.05, 3.63) is 22.7 Å². The molecule has 1 saturated carbocycles. The first-order valence-electron chi connectivity index (χ1n) is 7.27. The van der Waals surface area contributed by atoms with Crippen molar-refractivity contribution in [2.75, 3.05) is 11.9 Å². The predicted molar refractivity (Wildman–Crippen MR) is 80.5 cm³/mol. The van der Waals surface area contributed by atoms with Crippen molar-refractivity contribution in [3.8, 4) is 0 Å². The summed E-state index contributed by atoms with van der Waals surface area (Å²) in [5, 5.41) is 12.1.